The minimum absolute atomic E-state index is 0.0557. The molecule has 0 saturated heterocycles. The fraction of sp³-hybridized carbons (Fsp3) is 1.00. The molecule has 0 saturated carbocycles. The highest BCUT2D eigenvalue weighted by atomic mass is 32.2. The highest BCUT2D eigenvalue weighted by molar-refractivity contribution is 7.84. The van der Waals surface area contributed by atoms with Gasteiger partial charge in [0.05, 0.1) is 6.42 Å². The molecule has 0 bridgehead atoms. The van der Waals surface area contributed by atoms with Gasteiger partial charge in [0.2, 0.25) is 0 Å². The highest BCUT2D eigenvalue weighted by Gasteiger charge is 2.25. The van der Waals surface area contributed by atoms with E-state index in [0.717, 1.165) is 0 Å². The lowest BCUT2D eigenvalue weighted by atomic mass is 10.4. The van der Waals surface area contributed by atoms with Crippen LogP contribution in [0, 0.1) is 0 Å². The third-order valence-electron chi connectivity index (χ3n) is 1.37. The van der Waals surface area contributed by atoms with Gasteiger partial charge >= 0.3 is 6.18 Å². The summed E-state index contributed by atoms with van der Waals surface area (Å²) >= 11 is 0. The Kier molecular flexibility index (Phi) is 6.32. The van der Waals surface area contributed by atoms with Gasteiger partial charge in [-0.1, -0.05) is 0 Å². The van der Waals surface area contributed by atoms with E-state index in [1.165, 1.54) is 0 Å². The number of alkyl halides is 3. The molecular weight excluding hydrogens is 203 g/mol. The minimum atomic E-state index is -4.08. The van der Waals surface area contributed by atoms with E-state index in [1.807, 2.05) is 0 Å². The first kappa shape index (κ1) is 12.9. The van der Waals surface area contributed by atoms with E-state index in [4.69, 9.17) is 0 Å². The van der Waals surface area contributed by atoms with Gasteiger partial charge in [0.15, 0.2) is 0 Å². The molecule has 0 fully saturated rings. The molecule has 6 heteroatoms. The average Bonchev–Trinajstić information content (AvgIpc) is 1.93. The molecule has 0 amide bonds. The molecule has 0 heterocycles. The fourth-order valence-electron chi connectivity index (χ4n) is 0.756. The summed E-state index contributed by atoms with van der Waals surface area (Å²) in [6, 6.07) is 0. The smallest absolute Gasteiger partial charge is 0.316 e. The summed E-state index contributed by atoms with van der Waals surface area (Å²) in [6.45, 7) is 0.440. The minimum Gasteiger partial charge on any atom is -0.316 e. The summed E-state index contributed by atoms with van der Waals surface area (Å²) in [5, 5.41) is 2.64. The van der Waals surface area contributed by atoms with E-state index in [-0.39, 0.29) is 6.54 Å². The van der Waals surface area contributed by atoms with Crippen LogP contribution in [0.4, 0.5) is 13.2 Å². The Labute approximate surface area is 78.3 Å². The van der Waals surface area contributed by atoms with Crippen LogP contribution in [0.3, 0.4) is 0 Å². The SMILES string of the molecule is CS(=O)CCCNCCC(F)(F)F. The molecule has 0 aromatic rings. The van der Waals surface area contributed by atoms with Gasteiger partial charge in [-0.2, -0.15) is 13.2 Å². The second-order valence-corrected chi connectivity index (χ2v) is 4.30. The predicted molar refractivity (Wildman–Crippen MR) is 47.1 cm³/mol. The van der Waals surface area contributed by atoms with Crippen LogP contribution >= 0.6 is 0 Å². The molecule has 0 radical (unpaired) electrons. The van der Waals surface area contributed by atoms with Crippen LogP contribution < -0.4 is 5.32 Å². The summed E-state index contributed by atoms with van der Waals surface area (Å²) in [7, 11) is -0.850. The molecule has 0 rings (SSSR count). The van der Waals surface area contributed by atoms with Crippen molar-refractivity contribution in [3.8, 4) is 0 Å². The van der Waals surface area contributed by atoms with E-state index in [9.17, 15) is 17.4 Å². The van der Waals surface area contributed by atoms with E-state index in [1.54, 1.807) is 6.26 Å². The monoisotopic (exact) mass is 217 g/mol. The third kappa shape index (κ3) is 11.9. The molecule has 1 N–H and O–H groups in total. The first-order valence-corrected chi connectivity index (χ1v) is 5.72. The van der Waals surface area contributed by atoms with Gasteiger partial charge in [0.1, 0.15) is 0 Å². The molecule has 0 spiro atoms. The van der Waals surface area contributed by atoms with Crippen LogP contribution in [-0.2, 0) is 10.8 Å². The summed E-state index contributed by atoms with van der Waals surface area (Å²) < 4.78 is 45.4. The zero-order valence-electron chi connectivity index (χ0n) is 7.49. The van der Waals surface area contributed by atoms with E-state index < -0.39 is 23.4 Å². The molecule has 13 heavy (non-hydrogen) atoms. The molecule has 0 aliphatic rings. The van der Waals surface area contributed by atoms with Gasteiger partial charge < -0.3 is 5.32 Å². The van der Waals surface area contributed by atoms with Crippen LogP contribution in [0.15, 0.2) is 0 Å². The average molecular weight is 217 g/mol. The van der Waals surface area contributed by atoms with Crippen LogP contribution in [0.2, 0.25) is 0 Å². The van der Waals surface area contributed by atoms with Crippen molar-refractivity contribution in [2.24, 2.45) is 0 Å². The molecular formula is C7H14F3NOS. The zero-order valence-corrected chi connectivity index (χ0v) is 8.30. The first-order chi connectivity index (χ1) is 5.92. The van der Waals surface area contributed by atoms with Crippen LogP contribution in [0.1, 0.15) is 12.8 Å². The Morgan fingerprint density at radius 3 is 2.38 bits per heavy atom. The standard InChI is InChI=1S/C7H14F3NOS/c1-13(12)6-2-4-11-5-3-7(8,9)10/h11H,2-6H2,1H3. The second kappa shape index (κ2) is 6.37. The largest absolute Gasteiger partial charge is 0.390 e. The van der Waals surface area contributed by atoms with E-state index in [0.29, 0.717) is 18.7 Å². The maximum atomic E-state index is 11.6. The lowest BCUT2D eigenvalue weighted by Gasteiger charge is -2.06. The van der Waals surface area contributed by atoms with Gasteiger partial charge in [-0.3, -0.25) is 4.21 Å². The first-order valence-electron chi connectivity index (χ1n) is 3.99. The molecule has 0 aromatic heterocycles. The van der Waals surface area contributed by atoms with Crippen molar-refractivity contribution in [2.45, 2.75) is 19.0 Å². The number of halogens is 3. The molecule has 1 atom stereocenters. The van der Waals surface area contributed by atoms with Gasteiger partial charge in [0.25, 0.3) is 0 Å². The van der Waals surface area contributed by atoms with Gasteiger partial charge in [-0.25, -0.2) is 0 Å². The number of hydrogen-bond donors (Lipinski definition) is 1. The lowest BCUT2D eigenvalue weighted by molar-refractivity contribution is -0.133. The van der Waals surface area contributed by atoms with Crippen molar-refractivity contribution >= 4 is 10.8 Å². The number of rotatable bonds is 6. The van der Waals surface area contributed by atoms with Gasteiger partial charge in [-0.15, -0.1) is 0 Å². The van der Waals surface area contributed by atoms with Crippen LogP contribution in [0.5, 0.6) is 0 Å². The Balaban J connectivity index is 3.13. The maximum Gasteiger partial charge on any atom is 0.390 e. The van der Waals surface area contributed by atoms with E-state index >= 15 is 0 Å². The molecule has 80 valence electrons. The summed E-state index contributed by atoms with van der Waals surface area (Å²) in [6.07, 6.45) is -2.65. The molecule has 2 nitrogen and oxygen atoms in total. The van der Waals surface area contributed by atoms with Crippen molar-refractivity contribution in [3.05, 3.63) is 0 Å². The fourth-order valence-corrected chi connectivity index (χ4v) is 1.31. The Morgan fingerprint density at radius 1 is 1.31 bits per heavy atom. The van der Waals surface area contributed by atoms with E-state index in [2.05, 4.69) is 5.32 Å². The van der Waals surface area contributed by atoms with Crippen molar-refractivity contribution in [2.75, 3.05) is 25.1 Å². The third-order valence-corrected chi connectivity index (χ3v) is 2.23. The lowest BCUT2D eigenvalue weighted by Crippen LogP contribution is -2.23. The zero-order chi connectivity index (χ0) is 10.3. The van der Waals surface area contributed by atoms with Crippen molar-refractivity contribution in [3.63, 3.8) is 0 Å². The second-order valence-electron chi connectivity index (χ2n) is 2.75. The van der Waals surface area contributed by atoms with Gasteiger partial charge in [-0.05, 0) is 13.0 Å². The predicted octanol–water partition coefficient (Wildman–Crippen LogP) is 1.30. The summed E-state index contributed by atoms with van der Waals surface area (Å²) in [5.41, 5.74) is 0. The normalized spacial score (nSPS) is 14.5. The van der Waals surface area contributed by atoms with Crippen LogP contribution in [0.25, 0.3) is 0 Å². The van der Waals surface area contributed by atoms with Crippen molar-refractivity contribution < 1.29 is 17.4 Å². The number of nitrogens with one attached hydrogen (secondary N) is 1. The molecule has 1 unspecified atom stereocenters. The maximum absolute atomic E-state index is 11.6. The molecule has 0 aliphatic heterocycles. The molecule has 0 aromatic carbocycles. The highest BCUT2D eigenvalue weighted by Crippen LogP contribution is 2.17. The topological polar surface area (TPSA) is 29.1 Å². The quantitative estimate of drug-likeness (QED) is 0.679. The van der Waals surface area contributed by atoms with Crippen molar-refractivity contribution in [1.82, 2.24) is 5.32 Å². The van der Waals surface area contributed by atoms with Crippen LogP contribution in [-0.4, -0.2) is 35.5 Å². The molecule has 0 aliphatic carbocycles. The Bertz CT molecular complexity index is 160. The number of hydrogen-bond acceptors (Lipinski definition) is 2. The van der Waals surface area contributed by atoms with Crippen molar-refractivity contribution in [1.29, 1.82) is 0 Å². The Morgan fingerprint density at radius 2 is 1.92 bits per heavy atom. The summed E-state index contributed by atoms with van der Waals surface area (Å²) in [4.78, 5) is 0. The Hall–Kier alpha value is -0.100. The van der Waals surface area contributed by atoms with Gasteiger partial charge in [0, 0.05) is 29.4 Å². The summed E-state index contributed by atoms with van der Waals surface area (Å²) in [5.74, 6) is 0.541.